The van der Waals surface area contributed by atoms with E-state index in [1.165, 1.54) is 0 Å². The number of halogens is 1. The number of rotatable bonds is 1. The summed E-state index contributed by atoms with van der Waals surface area (Å²) in [5.41, 5.74) is 0. The van der Waals surface area contributed by atoms with Crippen molar-refractivity contribution in [1.82, 2.24) is 0 Å². The van der Waals surface area contributed by atoms with Crippen LogP contribution < -0.4 is 0 Å². The van der Waals surface area contributed by atoms with Crippen LogP contribution in [0.25, 0.3) is 0 Å². The quantitative estimate of drug-likeness (QED) is 0.516. The van der Waals surface area contributed by atoms with Gasteiger partial charge in [0, 0.05) is 11.8 Å². The number of allylic oxidation sites excluding steroid dienone is 2. The van der Waals surface area contributed by atoms with Gasteiger partial charge in [-0.05, 0) is 18.9 Å². The Labute approximate surface area is 60.7 Å². The Morgan fingerprint density at radius 3 is 3.00 bits per heavy atom. The van der Waals surface area contributed by atoms with Crippen LogP contribution >= 0.6 is 11.6 Å². The van der Waals surface area contributed by atoms with Gasteiger partial charge in [-0.3, -0.25) is 0 Å². The monoisotopic (exact) mass is 146 g/mol. The first-order valence-corrected chi connectivity index (χ1v) is 3.63. The molecule has 0 aliphatic heterocycles. The molecular formula is C7H11ClO. The highest BCUT2D eigenvalue weighted by Crippen LogP contribution is 2.21. The smallest absolute Gasteiger partial charge is 0.0916 e. The molecule has 0 aromatic carbocycles. The number of ether oxygens (including phenoxy) is 1. The van der Waals surface area contributed by atoms with E-state index in [4.69, 9.17) is 16.3 Å². The summed E-state index contributed by atoms with van der Waals surface area (Å²) in [6.45, 7) is 0. The topological polar surface area (TPSA) is 9.23 Å². The molecule has 9 heavy (non-hydrogen) atoms. The zero-order valence-electron chi connectivity index (χ0n) is 5.56. The van der Waals surface area contributed by atoms with Crippen LogP contribution in [0.3, 0.4) is 0 Å². The van der Waals surface area contributed by atoms with Gasteiger partial charge in [-0.2, -0.15) is 0 Å². The Kier molecular flexibility index (Phi) is 2.40. The second kappa shape index (κ2) is 3.11. The summed E-state index contributed by atoms with van der Waals surface area (Å²) in [6, 6.07) is 0. The van der Waals surface area contributed by atoms with Gasteiger partial charge in [-0.25, -0.2) is 0 Å². The van der Waals surface area contributed by atoms with Crippen LogP contribution in [0.5, 0.6) is 0 Å². The number of hydrogen-bond donors (Lipinski definition) is 0. The molecule has 0 heterocycles. The molecule has 0 amide bonds. The highest BCUT2D eigenvalue weighted by molar-refractivity contribution is 6.20. The summed E-state index contributed by atoms with van der Waals surface area (Å²) < 4.78 is 5.04. The number of alkyl halides is 1. The highest BCUT2D eigenvalue weighted by atomic mass is 35.5. The van der Waals surface area contributed by atoms with Crippen molar-refractivity contribution in [2.75, 3.05) is 7.11 Å². The van der Waals surface area contributed by atoms with Crippen LogP contribution in [0.2, 0.25) is 0 Å². The van der Waals surface area contributed by atoms with Gasteiger partial charge in [0.1, 0.15) is 0 Å². The molecule has 0 bridgehead atoms. The molecule has 0 saturated carbocycles. The second-order valence-corrected chi connectivity index (χ2v) is 2.86. The van der Waals surface area contributed by atoms with Crippen LogP contribution in [0.1, 0.15) is 19.3 Å². The van der Waals surface area contributed by atoms with Crippen molar-refractivity contribution < 1.29 is 4.74 Å². The lowest BCUT2D eigenvalue weighted by Crippen LogP contribution is -2.04. The number of hydrogen-bond acceptors (Lipinski definition) is 1. The molecular weight excluding hydrogens is 136 g/mol. The summed E-state index contributed by atoms with van der Waals surface area (Å²) in [4.78, 5) is 0. The van der Waals surface area contributed by atoms with Crippen molar-refractivity contribution in [3.63, 3.8) is 0 Å². The highest BCUT2D eigenvalue weighted by Gasteiger charge is 2.10. The Morgan fingerprint density at radius 1 is 1.78 bits per heavy atom. The molecule has 0 N–H and O–H groups in total. The maximum absolute atomic E-state index is 5.84. The average molecular weight is 147 g/mol. The van der Waals surface area contributed by atoms with E-state index in [2.05, 4.69) is 6.08 Å². The van der Waals surface area contributed by atoms with Crippen LogP contribution in [-0.2, 0) is 4.74 Å². The third-order valence-corrected chi connectivity index (χ3v) is 1.96. The molecule has 1 unspecified atom stereocenters. The van der Waals surface area contributed by atoms with Gasteiger partial charge in [-0.15, -0.1) is 11.6 Å². The van der Waals surface area contributed by atoms with Crippen LogP contribution in [0, 0.1) is 0 Å². The first-order valence-electron chi connectivity index (χ1n) is 3.20. The summed E-state index contributed by atoms with van der Waals surface area (Å²) in [7, 11) is 1.71. The zero-order chi connectivity index (χ0) is 6.69. The Hall–Kier alpha value is -0.170. The van der Waals surface area contributed by atoms with Gasteiger partial charge in [0.05, 0.1) is 12.9 Å². The molecule has 1 aliphatic rings. The molecule has 0 aromatic rings. The van der Waals surface area contributed by atoms with Gasteiger partial charge in [0.25, 0.3) is 0 Å². The lowest BCUT2D eigenvalue weighted by molar-refractivity contribution is 0.267. The fraction of sp³-hybridized carbons (Fsp3) is 0.714. The second-order valence-electron chi connectivity index (χ2n) is 2.25. The Balaban J connectivity index is 2.40. The van der Waals surface area contributed by atoms with E-state index < -0.39 is 0 Å². The molecule has 0 spiro atoms. The van der Waals surface area contributed by atoms with E-state index in [9.17, 15) is 0 Å². The van der Waals surface area contributed by atoms with Crippen molar-refractivity contribution in [2.45, 2.75) is 24.6 Å². The average Bonchev–Trinajstić information content (AvgIpc) is 1.90. The van der Waals surface area contributed by atoms with Crippen LogP contribution in [0.15, 0.2) is 11.8 Å². The zero-order valence-corrected chi connectivity index (χ0v) is 6.32. The molecule has 0 radical (unpaired) electrons. The van der Waals surface area contributed by atoms with Crippen molar-refractivity contribution >= 4 is 11.6 Å². The van der Waals surface area contributed by atoms with Crippen LogP contribution in [-0.4, -0.2) is 12.5 Å². The predicted molar refractivity (Wildman–Crippen MR) is 38.6 cm³/mol. The van der Waals surface area contributed by atoms with Gasteiger partial charge in [0.2, 0.25) is 0 Å². The van der Waals surface area contributed by atoms with Crippen molar-refractivity contribution in [2.24, 2.45) is 0 Å². The van der Waals surface area contributed by atoms with E-state index >= 15 is 0 Å². The fourth-order valence-corrected chi connectivity index (χ4v) is 1.16. The van der Waals surface area contributed by atoms with E-state index in [1.807, 2.05) is 0 Å². The van der Waals surface area contributed by atoms with Gasteiger partial charge >= 0.3 is 0 Å². The molecule has 1 nitrogen and oxygen atoms in total. The Bertz CT molecular complexity index is 120. The molecule has 1 aliphatic carbocycles. The van der Waals surface area contributed by atoms with E-state index in [-0.39, 0.29) is 0 Å². The third-order valence-electron chi connectivity index (χ3n) is 1.57. The minimum Gasteiger partial charge on any atom is -0.501 e. The van der Waals surface area contributed by atoms with E-state index in [0.29, 0.717) is 5.38 Å². The summed E-state index contributed by atoms with van der Waals surface area (Å²) in [6.07, 6.45) is 5.10. The maximum Gasteiger partial charge on any atom is 0.0916 e. The molecule has 2 heteroatoms. The van der Waals surface area contributed by atoms with Gasteiger partial charge in [-0.1, -0.05) is 0 Å². The van der Waals surface area contributed by atoms with Crippen molar-refractivity contribution in [3.05, 3.63) is 11.8 Å². The lowest BCUT2D eigenvalue weighted by atomic mass is 10.1. The first kappa shape index (κ1) is 6.94. The van der Waals surface area contributed by atoms with E-state index in [0.717, 1.165) is 25.0 Å². The third kappa shape index (κ3) is 1.90. The predicted octanol–water partition coefficient (Wildman–Crippen LogP) is 2.31. The molecule has 1 rings (SSSR count). The minimum absolute atomic E-state index is 0.337. The maximum atomic E-state index is 5.84. The Morgan fingerprint density at radius 2 is 2.56 bits per heavy atom. The summed E-state index contributed by atoms with van der Waals surface area (Å²) in [5, 5.41) is 0.337. The first-order chi connectivity index (χ1) is 4.33. The van der Waals surface area contributed by atoms with Crippen molar-refractivity contribution in [1.29, 1.82) is 0 Å². The minimum atomic E-state index is 0.337. The molecule has 0 saturated heterocycles. The van der Waals surface area contributed by atoms with Crippen molar-refractivity contribution in [3.8, 4) is 0 Å². The largest absolute Gasteiger partial charge is 0.501 e. The lowest BCUT2D eigenvalue weighted by Gasteiger charge is -2.14. The SMILES string of the molecule is COC1=CCC(Cl)CC1. The molecule has 0 fully saturated rings. The summed E-state index contributed by atoms with van der Waals surface area (Å²) >= 11 is 5.84. The standard InChI is InChI=1S/C7H11ClO/c1-9-7-4-2-6(8)3-5-7/h4,6H,2-3,5H2,1H3. The number of methoxy groups -OCH3 is 1. The summed E-state index contributed by atoms with van der Waals surface area (Å²) in [5.74, 6) is 1.09. The van der Waals surface area contributed by atoms with Gasteiger partial charge in [0.15, 0.2) is 0 Å². The van der Waals surface area contributed by atoms with Crippen LogP contribution in [0.4, 0.5) is 0 Å². The molecule has 1 atom stereocenters. The molecule has 52 valence electrons. The fourth-order valence-electron chi connectivity index (χ4n) is 0.964. The normalized spacial score (nSPS) is 27.3. The van der Waals surface area contributed by atoms with E-state index in [1.54, 1.807) is 7.11 Å². The molecule has 0 aromatic heterocycles. The van der Waals surface area contributed by atoms with Gasteiger partial charge < -0.3 is 4.74 Å².